The number of benzene rings is 4. The molecule has 0 bridgehead atoms. The van der Waals surface area contributed by atoms with Gasteiger partial charge in [0.25, 0.3) is 11.5 Å². The van der Waals surface area contributed by atoms with Gasteiger partial charge in [-0.1, -0.05) is 72.0 Å². The monoisotopic (exact) mass is 695 g/mol. The Morgan fingerprint density at radius 2 is 1.67 bits per heavy atom. The molecule has 0 aliphatic carbocycles. The predicted octanol–water partition coefficient (Wildman–Crippen LogP) is 6.23. The molecule has 10 heteroatoms. The number of fused-ring (bicyclic) bond motifs is 1. The van der Waals surface area contributed by atoms with Crippen molar-refractivity contribution in [3.8, 4) is 17.2 Å². The van der Waals surface area contributed by atoms with E-state index in [-0.39, 0.29) is 11.5 Å². The fourth-order valence-electron chi connectivity index (χ4n) is 5.28. The number of anilines is 1. The van der Waals surface area contributed by atoms with Crippen molar-refractivity contribution < 1.29 is 19.0 Å². The van der Waals surface area contributed by atoms with Crippen molar-refractivity contribution in [1.82, 2.24) is 4.57 Å². The number of halogens is 1. The lowest BCUT2D eigenvalue weighted by Gasteiger charge is -2.25. The van der Waals surface area contributed by atoms with Gasteiger partial charge in [0.1, 0.15) is 12.4 Å². The van der Waals surface area contributed by atoms with E-state index in [2.05, 4.69) is 21.2 Å². The zero-order chi connectivity index (χ0) is 32.2. The molecular weight excluding hydrogens is 666 g/mol. The number of amides is 1. The number of para-hydroxylation sites is 1. The molecule has 5 aromatic rings. The van der Waals surface area contributed by atoms with Crippen molar-refractivity contribution >= 4 is 44.9 Å². The van der Waals surface area contributed by atoms with Gasteiger partial charge in [-0.15, -0.1) is 0 Å². The Balaban J connectivity index is 1.41. The molecule has 1 amide bonds. The molecule has 0 spiro atoms. The van der Waals surface area contributed by atoms with Crippen LogP contribution in [-0.2, 0) is 11.4 Å². The minimum atomic E-state index is -0.706. The van der Waals surface area contributed by atoms with Crippen LogP contribution < -0.4 is 34.4 Å². The molecular formula is C36H30BrN3O5S. The molecule has 46 heavy (non-hydrogen) atoms. The van der Waals surface area contributed by atoms with Crippen LogP contribution in [0, 0.1) is 0 Å². The van der Waals surface area contributed by atoms with Gasteiger partial charge in [0, 0.05) is 5.69 Å². The first-order valence-electron chi connectivity index (χ1n) is 14.4. The molecule has 0 fully saturated rings. The maximum atomic E-state index is 14.2. The molecule has 0 unspecified atom stereocenters. The minimum absolute atomic E-state index is 0.262. The quantitative estimate of drug-likeness (QED) is 0.197. The first kappa shape index (κ1) is 31.1. The average molecular weight is 697 g/mol. The molecule has 1 aromatic heterocycles. The zero-order valence-corrected chi connectivity index (χ0v) is 27.7. The minimum Gasteiger partial charge on any atom is -0.497 e. The third-order valence-electron chi connectivity index (χ3n) is 7.51. The highest BCUT2D eigenvalue weighted by molar-refractivity contribution is 9.10. The summed E-state index contributed by atoms with van der Waals surface area (Å²) in [6, 6.07) is 29.4. The van der Waals surface area contributed by atoms with E-state index in [4.69, 9.17) is 19.2 Å². The Kier molecular flexibility index (Phi) is 9.18. The van der Waals surface area contributed by atoms with E-state index in [1.54, 1.807) is 31.8 Å². The highest BCUT2D eigenvalue weighted by Crippen LogP contribution is 2.37. The number of rotatable bonds is 9. The van der Waals surface area contributed by atoms with Gasteiger partial charge in [0.15, 0.2) is 16.3 Å². The number of aromatic nitrogens is 1. The average Bonchev–Trinajstić information content (AvgIpc) is 3.37. The molecule has 232 valence electrons. The summed E-state index contributed by atoms with van der Waals surface area (Å²) >= 11 is 4.89. The Hall–Kier alpha value is -4.93. The SMILES string of the molecule is COc1ccc([C@H]2C(C(=O)Nc3ccccc3)=C(C)N=c3s/c(=C/c4cc(Br)c(OCc5ccccc5)c(OC)c4)c(=O)n32)cc1. The first-order chi connectivity index (χ1) is 22.4. The van der Waals surface area contributed by atoms with Gasteiger partial charge >= 0.3 is 0 Å². The zero-order valence-electron chi connectivity index (χ0n) is 25.3. The second kappa shape index (κ2) is 13.6. The number of carbonyl (C=O) groups excluding carboxylic acids is 1. The molecule has 1 aliphatic heterocycles. The van der Waals surface area contributed by atoms with Crippen LogP contribution in [0.1, 0.15) is 29.7 Å². The highest BCUT2D eigenvalue weighted by Gasteiger charge is 2.32. The van der Waals surface area contributed by atoms with Crippen molar-refractivity contribution in [2.24, 2.45) is 4.99 Å². The predicted molar refractivity (Wildman–Crippen MR) is 183 cm³/mol. The fraction of sp³-hybridized carbons (Fsp3) is 0.139. The van der Waals surface area contributed by atoms with Crippen LogP contribution in [-0.4, -0.2) is 24.7 Å². The summed E-state index contributed by atoms with van der Waals surface area (Å²) in [5.41, 5.74) is 3.82. The topological polar surface area (TPSA) is 91.2 Å². The lowest BCUT2D eigenvalue weighted by Crippen LogP contribution is -2.40. The number of hydrogen-bond donors (Lipinski definition) is 1. The summed E-state index contributed by atoms with van der Waals surface area (Å²) in [7, 11) is 3.17. The van der Waals surface area contributed by atoms with Crippen molar-refractivity contribution in [3.05, 3.63) is 149 Å². The molecule has 0 saturated heterocycles. The number of ether oxygens (including phenoxy) is 3. The number of thiazole rings is 1. The molecule has 6 rings (SSSR count). The van der Waals surface area contributed by atoms with Crippen LogP contribution >= 0.6 is 27.3 Å². The van der Waals surface area contributed by atoms with Gasteiger partial charge in [-0.3, -0.25) is 14.2 Å². The van der Waals surface area contributed by atoms with Gasteiger partial charge in [0.2, 0.25) is 0 Å². The van der Waals surface area contributed by atoms with Crippen molar-refractivity contribution in [2.75, 3.05) is 19.5 Å². The highest BCUT2D eigenvalue weighted by atomic mass is 79.9. The molecule has 1 aliphatic rings. The third-order valence-corrected chi connectivity index (χ3v) is 9.08. The Labute approximate surface area is 278 Å². The van der Waals surface area contributed by atoms with E-state index in [1.807, 2.05) is 97.1 Å². The fourth-order valence-corrected chi connectivity index (χ4v) is 6.90. The van der Waals surface area contributed by atoms with Crippen LogP contribution in [0.3, 0.4) is 0 Å². The number of nitrogens with zero attached hydrogens (tertiary/aromatic N) is 2. The Morgan fingerprint density at radius 1 is 0.978 bits per heavy atom. The molecule has 8 nitrogen and oxygen atoms in total. The second-order valence-electron chi connectivity index (χ2n) is 10.5. The lowest BCUT2D eigenvalue weighted by atomic mass is 9.95. The molecule has 0 saturated carbocycles. The standard InChI is InChI=1S/C36H30BrN3O5S/c1-22-31(34(41)39-26-12-8-5-9-13-26)32(25-14-16-27(43-2)17-15-25)40-35(42)30(46-36(40)38-22)20-24-18-28(37)33(29(19-24)44-3)45-21-23-10-6-4-7-11-23/h4-20,32H,21H2,1-3H3,(H,39,41)/b30-20+/t32-/m0/s1. The maximum absolute atomic E-state index is 14.2. The van der Waals surface area contributed by atoms with E-state index in [9.17, 15) is 9.59 Å². The largest absolute Gasteiger partial charge is 0.497 e. The molecule has 2 heterocycles. The Bertz CT molecular complexity index is 2110. The number of carbonyl (C=O) groups is 1. The number of allylic oxidation sites excluding steroid dienone is 1. The summed E-state index contributed by atoms with van der Waals surface area (Å²) in [5.74, 6) is 1.43. The van der Waals surface area contributed by atoms with Crippen LogP contribution in [0.25, 0.3) is 6.08 Å². The Morgan fingerprint density at radius 3 is 2.35 bits per heavy atom. The van der Waals surface area contributed by atoms with Crippen LogP contribution in [0.4, 0.5) is 5.69 Å². The third kappa shape index (κ3) is 6.40. The van der Waals surface area contributed by atoms with Crippen molar-refractivity contribution in [2.45, 2.75) is 19.6 Å². The van der Waals surface area contributed by atoms with Crippen LogP contribution in [0.15, 0.2) is 123 Å². The number of methoxy groups -OCH3 is 2. The first-order valence-corrected chi connectivity index (χ1v) is 16.0. The smallest absolute Gasteiger partial charge is 0.271 e. The van der Waals surface area contributed by atoms with Gasteiger partial charge in [-0.05, 0) is 82.0 Å². The van der Waals surface area contributed by atoms with E-state index in [0.29, 0.717) is 54.6 Å². The van der Waals surface area contributed by atoms with E-state index in [1.165, 1.54) is 11.3 Å². The molecule has 0 radical (unpaired) electrons. The van der Waals surface area contributed by atoms with E-state index >= 15 is 0 Å². The van der Waals surface area contributed by atoms with E-state index in [0.717, 1.165) is 16.7 Å². The van der Waals surface area contributed by atoms with Gasteiger partial charge in [0.05, 0.1) is 40.5 Å². The lowest BCUT2D eigenvalue weighted by molar-refractivity contribution is -0.113. The van der Waals surface area contributed by atoms with Gasteiger partial charge < -0.3 is 19.5 Å². The van der Waals surface area contributed by atoms with E-state index < -0.39 is 6.04 Å². The molecule has 4 aromatic carbocycles. The summed E-state index contributed by atoms with van der Waals surface area (Å²) in [5, 5.41) is 2.97. The van der Waals surface area contributed by atoms with Crippen molar-refractivity contribution in [1.29, 1.82) is 0 Å². The van der Waals surface area contributed by atoms with Crippen LogP contribution in [0.5, 0.6) is 17.2 Å². The number of nitrogens with one attached hydrogen (secondary N) is 1. The van der Waals surface area contributed by atoms with Gasteiger partial charge in [-0.25, -0.2) is 4.99 Å². The van der Waals surface area contributed by atoms with Crippen LogP contribution in [0.2, 0.25) is 0 Å². The summed E-state index contributed by atoms with van der Waals surface area (Å²) < 4.78 is 19.9. The van der Waals surface area contributed by atoms with Gasteiger partial charge in [-0.2, -0.15) is 0 Å². The summed E-state index contributed by atoms with van der Waals surface area (Å²) in [4.78, 5) is 33.2. The summed E-state index contributed by atoms with van der Waals surface area (Å²) in [6.07, 6.45) is 1.80. The summed E-state index contributed by atoms with van der Waals surface area (Å²) in [6.45, 7) is 2.17. The van der Waals surface area contributed by atoms with Crippen molar-refractivity contribution in [3.63, 3.8) is 0 Å². The second-order valence-corrected chi connectivity index (χ2v) is 12.3. The molecule has 1 N–H and O–H groups in total. The maximum Gasteiger partial charge on any atom is 0.271 e. The molecule has 1 atom stereocenters. The normalized spacial score (nSPS) is 14.3. The number of hydrogen-bond acceptors (Lipinski definition) is 7.